The molecule has 6 rings (SSSR count). The van der Waals surface area contributed by atoms with Gasteiger partial charge in [-0.1, -0.05) is 24.3 Å². The normalized spacial score (nSPS) is 20.8. The number of aliphatic hydroxyl groups excluding tert-OH is 4. The number of para-hydroxylation sites is 1. The third-order valence-corrected chi connectivity index (χ3v) is 10.8. The highest BCUT2D eigenvalue weighted by Crippen LogP contribution is 2.51. The summed E-state index contributed by atoms with van der Waals surface area (Å²) in [5.41, 5.74) is 2.49. The number of fused-ring (bicyclic) bond motifs is 3. The van der Waals surface area contributed by atoms with Gasteiger partial charge < -0.3 is 49.4 Å². The Hall–Kier alpha value is -5.48. The number of ether oxygens (including phenoxy) is 5. The molecule has 2 aliphatic rings. The Morgan fingerprint density at radius 2 is 1.67 bits per heavy atom. The van der Waals surface area contributed by atoms with Crippen LogP contribution in [0.5, 0.6) is 28.7 Å². The number of methoxy groups -OCH3 is 2. The molecule has 0 aromatic heterocycles. The molecule has 0 radical (unpaired) electrons. The Bertz CT molecular complexity index is 2370. The van der Waals surface area contributed by atoms with Gasteiger partial charge in [-0.15, -0.1) is 11.8 Å². The lowest BCUT2D eigenvalue weighted by molar-refractivity contribution is -0.384. The summed E-state index contributed by atoms with van der Waals surface area (Å²) in [4.78, 5) is 35.8. The Balaban J connectivity index is 0.000000274. The smallest absolute Gasteiger partial charge is 0.273 e. The number of nitrogens with zero attached hydrogens (tertiary/aromatic N) is 1. The van der Waals surface area contributed by atoms with E-state index in [1.807, 2.05) is 12.3 Å². The number of non-ortho nitro benzene ring substituents is 1. The molecule has 1 amide bonds. The number of nitrogens with one attached hydrogen (secondary N) is 2. The first-order chi connectivity index (χ1) is 28.5. The van der Waals surface area contributed by atoms with Gasteiger partial charge in [0.2, 0.25) is 28.0 Å². The number of anilines is 1. The standard InChI is InChI=1S/C27H33NO10S.C13H12N2O5S/c1-12(30)28-16-7-5-13-9-18(37-27-24(34)23(33)22(32)19(11-29)38-27)25(35-2)26(36-3)21(13)14-6-8-20(39-4)17(31)10-15(14)16;1-21(18,19)14-12-8-7-10(15(16)17)9-13(12)20-11-5-3-2-4-6-11/h6,8-10,16,19,22-24,27,29,32-34H,5,7,11H2,1-4H3,(H,28,30);2-9,14H,1H3/t16-,19+,22+,23-,24+,27+;/m0./s1. The van der Waals surface area contributed by atoms with E-state index in [4.69, 9.17) is 23.7 Å². The molecule has 1 aliphatic heterocycles. The lowest BCUT2D eigenvalue weighted by Gasteiger charge is -2.39. The molecule has 0 bridgehead atoms. The maximum atomic E-state index is 13.0. The van der Waals surface area contributed by atoms with Crippen LogP contribution in [0.15, 0.2) is 82.5 Å². The predicted molar refractivity (Wildman–Crippen MR) is 220 cm³/mol. The van der Waals surface area contributed by atoms with Gasteiger partial charge in [-0.05, 0) is 72.2 Å². The van der Waals surface area contributed by atoms with Gasteiger partial charge >= 0.3 is 0 Å². The average molecular weight is 872 g/mol. The fourth-order valence-corrected chi connectivity index (χ4v) is 7.73. The highest BCUT2D eigenvalue weighted by atomic mass is 32.2. The Morgan fingerprint density at radius 3 is 2.27 bits per heavy atom. The number of nitro benzene ring substituents is 1. The van der Waals surface area contributed by atoms with Crippen LogP contribution in [0.1, 0.15) is 30.5 Å². The Labute approximate surface area is 349 Å². The highest BCUT2D eigenvalue weighted by molar-refractivity contribution is 7.98. The summed E-state index contributed by atoms with van der Waals surface area (Å²) in [5, 5.41) is 54.2. The Morgan fingerprint density at radius 1 is 0.967 bits per heavy atom. The maximum absolute atomic E-state index is 13.0. The average Bonchev–Trinajstić information content (AvgIpc) is 3.45. The molecule has 1 fully saturated rings. The van der Waals surface area contributed by atoms with E-state index in [1.165, 1.54) is 51.1 Å². The van der Waals surface area contributed by atoms with E-state index in [9.17, 15) is 48.5 Å². The molecule has 60 heavy (non-hydrogen) atoms. The molecule has 20 heteroatoms. The number of thioether (sulfide) groups is 1. The molecule has 4 aromatic rings. The molecule has 1 aliphatic carbocycles. The third-order valence-electron chi connectivity index (χ3n) is 9.41. The number of hydrogen-bond acceptors (Lipinski definition) is 16. The minimum Gasteiger partial charge on any atom is -0.492 e. The molecule has 18 nitrogen and oxygen atoms in total. The molecule has 4 aromatic carbocycles. The number of sulfonamides is 1. The van der Waals surface area contributed by atoms with E-state index in [0.29, 0.717) is 45.9 Å². The number of carbonyl (C=O) groups excluding carboxylic acids is 1. The molecular weight excluding hydrogens is 827 g/mol. The van der Waals surface area contributed by atoms with Gasteiger partial charge in [-0.25, -0.2) is 8.42 Å². The van der Waals surface area contributed by atoms with E-state index in [-0.39, 0.29) is 40.0 Å². The minimum absolute atomic E-state index is 0.0563. The van der Waals surface area contributed by atoms with Crippen molar-refractivity contribution in [1.82, 2.24) is 5.32 Å². The van der Waals surface area contributed by atoms with Crippen LogP contribution in [0.2, 0.25) is 0 Å². The van der Waals surface area contributed by atoms with Crippen LogP contribution in [0.4, 0.5) is 11.4 Å². The van der Waals surface area contributed by atoms with Crippen LogP contribution in [0.3, 0.4) is 0 Å². The molecule has 322 valence electrons. The van der Waals surface area contributed by atoms with E-state index >= 15 is 0 Å². The number of aryl methyl sites for hydroxylation is 1. The van der Waals surface area contributed by atoms with Crippen molar-refractivity contribution in [3.8, 4) is 39.9 Å². The van der Waals surface area contributed by atoms with Crippen molar-refractivity contribution >= 4 is 39.1 Å². The Kier molecular flexibility index (Phi) is 15.0. The molecular formula is C40H45N3O15S2. The SMILES string of the molecule is COc1c(O[C@@H]2O[C@H](CO)[C@@H](O)[C@H](O)[C@H]2O)cc2c(c1OC)-c1ccc(SC)c(=O)cc1[C@@H](NC(C)=O)CC2.CS(=O)(=O)Nc1ccc([N+](=O)[O-])cc1Oc1ccccc1. The van der Waals surface area contributed by atoms with Crippen molar-refractivity contribution in [1.29, 1.82) is 0 Å². The van der Waals surface area contributed by atoms with Crippen LogP contribution < -0.4 is 34.4 Å². The monoisotopic (exact) mass is 871 g/mol. The van der Waals surface area contributed by atoms with Gasteiger partial charge in [0.05, 0.1) is 54.7 Å². The van der Waals surface area contributed by atoms with Crippen molar-refractivity contribution in [2.75, 3.05) is 38.1 Å². The summed E-state index contributed by atoms with van der Waals surface area (Å²) in [7, 11) is -0.654. The van der Waals surface area contributed by atoms with Gasteiger partial charge in [0.1, 0.15) is 30.2 Å². The van der Waals surface area contributed by atoms with Crippen molar-refractivity contribution in [2.24, 2.45) is 0 Å². The zero-order valence-corrected chi connectivity index (χ0v) is 34.7. The van der Waals surface area contributed by atoms with Gasteiger partial charge in [0.15, 0.2) is 22.7 Å². The highest BCUT2D eigenvalue weighted by Gasteiger charge is 2.45. The lowest BCUT2D eigenvalue weighted by atomic mass is 9.95. The summed E-state index contributed by atoms with van der Waals surface area (Å²) in [6.07, 6.45) is -3.65. The molecule has 0 saturated carbocycles. The molecule has 0 spiro atoms. The molecule has 6 N–H and O–H groups in total. The van der Waals surface area contributed by atoms with Gasteiger partial charge in [0, 0.05) is 18.6 Å². The number of hydrogen-bond donors (Lipinski definition) is 6. The summed E-state index contributed by atoms with van der Waals surface area (Å²) in [6, 6.07) is 18.6. The second-order valence-electron chi connectivity index (χ2n) is 13.6. The second kappa shape index (κ2) is 19.7. The summed E-state index contributed by atoms with van der Waals surface area (Å²) < 4.78 is 53.4. The fourth-order valence-electron chi connectivity index (χ4n) is 6.70. The number of amides is 1. The quantitative estimate of drug-likeness (QED) is 0.0676. The first-order valence-corrected chi connectivity index (χ1v) is 21.4. The fraction of sp³-hybridized carbons (Fsp3) is 0.350. The van der Waals surface area contributed by atoms with Crippen molar-refractivity contribution in [3.63, 3.8) is 0 Å². The first-order valence-electron chi connectivity index (χ1n) is 18.2. The third kappa shape index (κ3) is 10.6. The molecule has 1 heterocycles. The zero-order valence-electron chi connectivity index (χ0n) is 33.1. The predicted octanol–water partition coefficient (Wildman–Crippen LogP) is 3.51. The zero-order chi connectivity index (χ0) is 43.9. The van der Waals surface area contributed by atoms with Crippen LogP contribution in [-0.2, 0) is 26.0 Å². The molecule has 0 unspecified atom stereocenters. The number of nitro groups is 1. The largest absolute Gasteiger partial charge is 0.492 e. The van der Waals surface area contributed by atoms with Gasteiger partial charge in [-0.2, -0.15) is 0 Å². The van der Waals surface area contributed by atoms with Crippen LogP contribution >= 0.6 is 11.8 Å². The summed E-state index contributed by atoms with van der Waals surface area (Å²) in [6.45, 7) is 0.815. The minimum atomic E-state index is -3.52. The van der Waals surface area contributed by atoms with Crippen LogP contribution in [0, 0.1) is 10.1 Å². The van der Waals surface area contributed by atoms with E-state index < -0.39 is 58.3 Å². The lowest BCUT2D eigenvalue weighted by Crippen LogP contribution is -2.60. The van der Waals surface area contributed by atoms with E-state index in [2.05, 4.69) is 10.0 Å². The van der Waals surface area contributed by atoms with E-state index in [0.717, 1.165) is 11.8 Å². The summed E-state index contributed by atoms with van der Waals surface area (Å²) in [5.74, 6) is 0.846. The maximum Gasteiger partial charge on any atom is 0.273 e. The van der Waals surface area contributed by atoms with Crippen molar-refractivity contribution in [3.05, 3.63) is 104 Å². The number of aliphatic hydroxyl groups is 4. The molecule has 1 saturated heterocycles. The second-order valence-corrected chi connectivity index (χ2v) is 16.2. The van der Waals surface area contributed by atoms with Crippen LogP contribution in [-0.4, -0.2) is 104 Å². The summed E-state index contributed by atoms with van der Waals surface area (Å²) >= 11 is 1.32. The number of benzene rings is 3. The number of rotatable bonds is 12. The number of carbonyl (C=O) groups is 1. The van der Waals surface area contributed by atoms with Crippen molar-refractivity contribution in [2.45, 2.75) is 61.4 Å². The van der Waals surface area contributed by atoms with E-state index in [1.54, 1.807) is 48.5 Å². The van der Waals surface area contributed by atoms with Crippen LogP contribution in [0.25, 0.3) is 11.1 Å². The van der Waals surface area contributed by atoms with Gasteiger partial charge in [0.25, 0.3) is 5.69 Å². The topological polar surface area (TPSA) is 263 Å². The molecule has 6 atom stereocenters. The first kappa shape index (κ1) is 45.6. The van der Waals surface area contributed by atoms with Crippen molar-refractivity contribution < 1.29 is 62.2 Å². The van der Waals surface area contributed by atoms with Gasteiger partial charge in [-0.3, -0.25) is 24.4 Å².